The van der Waals surface area contributed by atoms with E-state index in [9.17, 15) is 0 Å². The average Bonchev–Trinajstić information content (AvgIpc) is 2.36. The Kier molecular flexibility index (Phi) is 4.46. The van der Waals surface area contributed by atoms with Gasteiger partial charge in [-0.15, -0.1) is 0 Å². The Morgan fingerprint density at radius 2 is 2.00 bits per heavy atom. The molecule has 0 aromatic heterocycles. The molecule has 0 heterocycles. The van der Waals surface area contributed by atoms with Crippen LogP contribution in [0.4, 0.5) is 5.69 Å². The molecule has 0 unspecified atom stereocenters. The topological polar surface area (TPSA) is 29.3 Å². The third-order valence-corrected chi connectivity index (χ3v) is 4.45. The zero-order valence-electron chi connectivity index (χ0n) is 10.5. The van der Waals surface area contributed by atoms with Crippen LogP contribution in [0.1, 0.15) is 37.7 Å². The van der Waals surface area contributed by atoms with E-state index in [-0.39, 0.29) is 0 Å². The van der Waals surface area contributed by atoms with Crippen LogP contribution in [0.15, 0.2) is 22.7 Å². The highest BCUT2D eigenvalue weighted by Gasteiger charge is 2.18. The molecule has 3 heteroatoms. The minimum absolute atomic E-state index is 0.738. The molecule has 1 aromatic rings. The van der Waals surface area contributed by atoms with Crippen LogP contribution >= 0.6 is 15.9 Å². The Morgan fingerprint density at radius 3 is 2.71 bits per heavy atom. The summed E-state index contributed by atoms with van der Waals surface area (Å²) >= 11 is 3.49. The Labute approximate surface area is 112 Å². The molecule has 1 aliphatic carbocycles. The Balaban J connectivity index is 2.01. The molecular formula is C14H21BrN2. The predicted octanol–water partition coefficient (Wildman–Crippen LogP) is 3.80. The van der Waals surface area contributed by atoms with Gasteiger partial charge in [0.05, 0.1) is 5.69 Å². The van der Waals surface area contributed by atoms with E-state index in [0.717, 1.165) is 22.7 Å². The highest BCUT2D eigenvalue weighted by Crippen LogP contribution is 2.27. The SMILES string of the molecule is CN(Cc1cccc(Br)c1N)C1CCCCC1. The van der Waals surface area contributed by atoms with Gasteiger partial charge >= 0.3 is 0 Å². The van der Waals surface area contributed by atoms with Gasteiger partial charge in [-0.25, -0.2) is 0 Å². The van der Waals surface area contributed by atoms with Crippen molar-refractivity contribution >= 4 is 21.6 Å². The third-order valence-electron chi connectivity index (χ3n) is 3.76. The second kappa shape index (κ2) is 5.87. The largest absolute Gasteiger partial charge is 0.398 e. The molecule has 2 rings (SSSR count). The van der Waals surface area contributed by atoms with Gasteiger partial charge in [-0.3, -0.25) is 4.90 Å². The number of nitrogens with zero attached hydrogens (tertiary/aromatic N) is 1. The van der Waals surface area contributed by atoms with Crippen LogP contribution in [0.3, 0.4) is 0 Å². The van der Waals surface area contributed by atoms with E-state index in [0.29, 0.717) is 0 Å². The van der Waals surface area contributed by atoms with Crippen molar-refractivity contribution < 1.29 is 0 Å². The van der Waals surface area contributed by atoms with E-state index in [4.69, 9.17) is 5.73 Å². The standard InChI is InChI=1S/C14H21BrN2/c1-17(12-7-3-2-4-8-12)10-11-6-5-9-13(15)14(11)16/h5-6,9,12H,2-4,7-8,10,16H2,1H3. The number of benzene rings is 1. The zero-order valence-corrected chi connectivity index (χ0v) is 12.0. The maximum absolute atomic E-state index is 6.09. The van der Waals surface area contributed by atoms with Crippen LogP contribution in [-0.4, -0.2) is 18.0 Å². The number of para-hydroxylation sites is 1. The minimum atomic E-state index is 0.738. The maximum atomic E-state index is 6.09. The molecule has 2 nitrogen and oxygen atoms in total. The second-order valence-electron chi connectivity index (χ2n) is 5.02. The molecule has 1 aliphatic rings. The summed E-state index contributed by atoms with van der Waals surface area (Å²) in [4.78, 5) is 2.46. The highest BCUT2D eigenvalue weighted by molar-refractivity contribution is 9.10. The molecule has 1 aromatic carbocycles. The quantitative estimate of drug-likeness (QED) is 0.860. The molecule has 0 saturated heterocycles. The van der Waals surface area contributed by atoms with Crippen molar-refractivity contribution in [3.8, 4) is 0 Å². The molecule has 0 aliphatic heterocycles. The fourth-order valence-electron chi connectivity index (χ4n) is 2.64. The first-order chi connectivity index (χ1) is 8.18. The fourth-order valence-corrected chi connectivity index (χ4v) is 3.05. The van der Waals surface area contributed by atoms with E-state index in [1.807, 2.05) is 6.07 Å². The first-order valence-electron chi connectivity index (χ1n) is 6.41. The van der Waals surface area contributed by atoms with Crippen molar-refractivity contribution in [1.82, 2.24) is 4.90 Å². The number of nitrogen functional groups attached to an aromatic ring is 1. The average molecular weight is 297 g/mol. The molecule has 0 atom stereocenters. The number of anilines is 1. The lowest BCUT2D eigenvalue weighted by atomic mass is 9.94. The van der Waals surface area contributed by atoms with Gasteiger partial charge in [0.2, 0.25) is 0 Å². The van der Waals surface area contributed by atoms with Crippen LogP contribution in [0.5, 0.6) is 0 Å². The van der Waals surface area contributed by atoms with Crippen molar-refractivity contribution in [2.24, 2.45) is 0 Å². The lowest BCUT2D eigenvalue weighted by molar-refractivity contribution is 0.185. The molecule has 1 fully saturated rings. The van der Waals surface area contributed by atoms with Crippen molar-refractivity contribution in [2.75, 3.05) is 12.8 Å². The summed E-state index contributed by atoms with van der Waals surface area (Å²) in [6.07, 6.45) is 6.84. The monoisotopic (exact) mass is 296 g/mol. The molecule has 94 valence electrons. The van der Waals surface area contributed by atoms with Crippen LogP contribution in [0.25, 0.3) is 0 Å². The van der Waals surface area contributed by atoms with Gasteiger partial charge in [0.1, 0.15) is 0 Å². The summed E-state index contributed by atoms with van der Waals surface area (Å²) in [6, 6.07) is 6.92. The van der Waals surface area contributed by atoms with Gasteiger partial charge < -0.3 is 5.73 Å². The van der Waals surface area contributed by atoms with Crippen LogP contribution < -0.4 is 5.73 Å². The lowest BCUT2D eigenvalue weighted by Crippen LogP contribution is -2.33. The number of halogens is 1. The van der Waals surface area contributed by atoms with Crippen LogP contribution in [0.2, 0.25) is 0 Å². The molecule has 17 heavy (non-hydrogen) atoms. The van der Waals surface area contributed by atoms with Crippen molar-refractivity contribution in [3.63, 3.8) is 0 Å². The predicted molar refractivity (Wildman–Crippen MR) is 76.9 cm³/mol. The molecular weight excluding hydrogens is 276 g/mol. The van der Waals surface area contributed by atoms with Gasteiger partial charge in [0, 0.05) is 17.1 Å². The van der Waals surface area contributed by atoms with E-state index >= 15 is 0 Å². The van der Waals surface area contributed by atoms with Gasteiger partial charge in [0.15, 0.2) is 0 Å². The summed E-state index contributed by atoms with van der Waals surface area (Å²) in [7, 11) is 2.22. The smallest absolute Gasteiger partial charge is 0.0504 e. The molecule has 2 N–H and O–H groups in total. The van der Waals surface area contributed by atoms with Crippen LogP contribution in [-0.2, 0) is 6.54 Å². The van der Waals surface area contributed by atoms with E-state index in [1.165, 1.54) is 37.7 Å². The highest BCUT2D eigenvalue weighted by atomic mass is 79.9. The third kappa shape index (κ3) is 3.23. The first kappa shape index (κ1) is 12.9. The summed E-state index contributed by atoms with van der Waals surface area (Å²) < 4.78 is 1.01. The normalized spacial score (nSPS) is 17.6. The Bertz CT molecular complexity index is 372. The van der Waals surface area contributed by atoms with Gasteiger partial charge in [-0.2, -0.15) is 0 Å². The molecule has 0 amide bonds. The molecule has 0 bridgehead atoms. The number of hydrogen-bond acceptors (Lipinski definition) is 2. The Hall–Kier alpha value is -0.540. The first-order valence-corrected chi connectivity index (χ1v) is 7.21. The van der Waals surface area contributed by atoms with E-state index < -0.39 is 0 Å². The summed E-state index contributed by atoms with van der Waals surface area (Å²) in [5.74, 6) is 0. The molecule has 0 radical (unpaired) electrons. The van der Waals surface area contributed by atoms with Crippen molar-refractivity contribution in [3.05, 3.63) is 28.2 Å². The molecule has 0 spiro atoms. The summed E-state index contributed by atoms with van der Waals surface area (Å²) in [5, 5.41) is 0. The number of hydrogen-bond donors (Lipinski definition) is 1. The number of nitrogens with two attached hydrogens (primary N) is 1. The van der Waals surface area contributed by atoms with E-state index in [2.05, 4.69) is 40.0 Å². The van der Waals surface area contributed by atoms with E-state index in [1.54, 1.807) is 0 Å². The van der Waals surface area contributed by atoms with Crippen molar-refractivity contribution in [1.29, 1.82) is 0 Å². The van der Waals surface area contributed by atoms with Crippen molar-refractivity contribution in [2.45, 2.75) is 44.7 Å². The minimum Gasteiger partial charge on any atom is -0.398 e. The summed E-state index contributed by atoms with van der Waals surface area (Å²) in [5.41, 5.74) is 8.20. The zero-order chi connectivity index (χ0) is 12.3. The van der Waals surface area contributed by atoms with Gasteiger partial charge in [0.25, 0.3) is 0 Å². The van der Waals surface area contributed by atoms with Crippen LogP contribution in [0, 0.1) is 0 Å². The summed E-state index contributed by atoms with van der Waals surface area (Å²) in [6.45, 7) is 0.954. The van der Waals surface area contributed by atoms with Gasteiger partial charge in [-0.05, 0) is 47.4 Å². The number of rotatable bonds is 3. The maximum Gasteiger partial charge on any atom is 0.0504 e. The van der Waals surface area contributed by atoms with Gasteiger partial charge in [-0.1, -0.05) is 31.4 Å². The second-order valence-corrected chi connectivity index (χ2v) is 5.87. The Morgan fingerprint density at radius 1 is 1.29 bits per heavy atom. The lowest BCUT2D eigenvalue weighted by Gasteiger charge is -2.31. The fraction of sp³-hybridized carbons (Fsp3) is 0.571. The molecule has 1 saturated carbocycles.